The van der Waals surface area contributed by atoms with Gasteiger partial charge in [0, 0.05) is 26.2 Å². The van der Waals surface area contributed by atoms with Gasteiger partial charge in [0.25, 0.3) is 5.91 Å². The summed E-state index contributed by atoms with van der Waals surface area (Å²) in [6.45, 7) is 2.98. The highest BCUT2D eigenvalue weighted by Gasteiger charge is 2.29. The van der Waals surface area contributed by atoms with Gasteiger partial charge in [0.15, 0.2) is 0 Å². The second kappa shape index (κ2) is 7.42. The molecule has 0 saturated carbocycles. The van der Waals surface area contributed by atoms with Gasteiger partial charge < -0.3 is 14.7 Å². The summed E-state index contributed by atoms with van der Waals surface area (Å²) in [4.78, 5) is 18.9. The molecule has 1 amide bonds. The Balaban J connectivity index is 1.93. The van der Waals surface area contributed by atoms with Gasteiger partial charge in [-0.15, -0.1) is 0 Å². The van der Waals surface area contributed by atoms with Crippen LogP contribution in [0.4, 0.5) is 15.8 Å². The standard InChI is InChI=1S/C19H21ClFN3O/c1-22(2)10-11-23-12-13-24(17-9-4-3-8-16(17)23)19(25)18-14(20)6-5-7-15(18)21/h3-9H,10-13H2,1-2H3. The Kier molecular flexibility index (Phi) is 5.25. The average Bonchev–Trinajstić information content (AvgIpc) is 2.59. The number of nitrogens with zero attached hydrogens (tertiary/aromatic N) is 3. The van der Waals surface area contributed by atoms with Gasteiger partial charge >= 0.3 is 0 Å². The number of para-hydroxylation sites is 2. The second-order valence-corrected chi connectivity index (χ2v) is 6.74. The van der Waals surface area contributed by atoms with Crippen LogP contribution in [0.2, 0.25) is 5.02 Å². The molecule has 0 bridgehead atoms. The molecule has 0 atom stereocenters. The third-order valence-electron chi connectivity index (χ3n) is 4.35. The molecular formula is C19H21ClFN3O. The lowest BCUT2D eigenvalue weighted by molar-refractivity contribution is 0.0983. The van der Waals surface area contributed by atoms with Crippen LogP contribution in [-0.4, -0.2) is 51.1 Å². The molecule has 0 radical (unpaired) electrons. The summed E-state index contributed by atoms with van der Waals surface area (Å²) in [7, 11) is 4.07. The predicted molar refractivity (Wildman–Crippen MR) is 100 cm³/mol. The second-order valence-electron chi connectivity index (χ2n) is 6.33. The Morgan fingerprint density at radius 3 is 2.52 bits per heavy atom. The summed E-state index contributed by atoms with van der Waals surface area (Å²) in [5.74, 6) is -0.993. The molecule has 3 rings (SSSR count). The first-order valence-electron chi connectivity index (χ1n) is 8.23. The molecule has 0 unspecified atom stereocenters. The van der Waals surface area contributed by atoms with Gasteiger partial charge in [-0.25, -0.2) is 4.39 Å². The molecule has 0 saturated heterocycles. The SMILES string of the molecule is CN(C)CCN1CCN(C(=O)c2c(F)cccc2Cl)c2ccccc21. The number of carbonyl (C=O) groups is 1. The molecule has 0 aromatic heterocycles. The van der Waals surface area contributed by atoms with Crippen molar-refractivity contribution >= 4 is 28.9 Å². The zero-order valence-electron chi connectivity index (χ0n) is 14.4. The van der Waals surface area contributed by atoms with Gasteiger partial charge in [0.1, 0.15) is 5.82 Å². The maximum atomic E-state index is 14.2. The van der Waals surface area contributed by atoms with Crippen LogP contribution in [0.3, 0.4) is 0 Å². The van der Waals surface area contributed by atoms with Gasteiger partial charge in [-0.2, -0.15) is 0 Å². The summed E-state index contributed by atoms with van der Waals surface area (Å²) in [6, 6.07) is 12.0. The largest absolute Gasteiger partial charge is 0.367 e. The van der Waals surface area contributed by atoms with Gasteiger partial charge in [-0.3, -0.25) is 4.79 Å². The fraction of sp³-hybridized carbons (Fsp3) is 0.316. The van der Waals surface area contributed by atoms with Crippen molar-refractivity contribution in [3.8, 4) is 0 Å². The number of fused-ring (bicyclic) bond motifs is 1. The number of hydrogen-bond donors (Lipinski definition) is 0. The van der Waals surface area contributed by atoms with Crippen LogP contribution in [-0.2, 0) is 0 Å². The highest BCUT2D eigenvalue weighted by molar-refractivity contribution is 6.34. The summed E-state index contributed by atoms with van der Waals surface area (Å²) >= 11 is 6.08. The molecule has 2 aromatic carbocycles. The summed E-state index contributed by atoms with van der Waals surface area (Å²) < 4.78 is 14.2. The van der Waals surface area contributed by atoms with Gasteiger partial charge in [0.05, 0.1) is 22.0 Å². The molecule has 1 aliphatic heterocycles. The normalized spacial score (nSPS) is 14.0. The summed E-state index contributed by atoms with van der Waals surface area (Å²) in [6.07, 6.45) is 0. The molecule has 2 aromatic rings. The third kappa shape index (κ3) is 3.62. The Labute approximate surface area is 152 Å². The molecule has 6 heteroatoms. The van der Waals surface area contributed by atoms with Crippen molar-refractivity contribution in [1.82, 2.24) is 4.90 Å². The molecular weight excluding hydrogens is 341 g/mol. The maximum Gasteiger partial charge on any atom is 0.262 e. The number of rotatable bonds is 4. The molecule has 0 spiro atoms. The minimum Gasteiger partial charge on any atom is -0.367 e. The molecule has 132 valence electrons. The van der Waals surface area contributed by atoms with Crippen LogP contribution in [0.15, 0.2) is 42.5 Å². The van der Waals surface area contributed by atoms with Crippen molar-refractivity contribution < 1.29 is 9.18 Å². The smallest absolute Gasteiger partial charge is 0.262 e. The fourth-order valence-electron chi connectivity index (χ4n) is 3.02. The van der Waals surface area contributed by atoms with Crippen LogP contribution in [0.1, 0.15) is 10.4 Å². The molecule has 1 aliphatic rings. The van der Waals surface area contributed by atoms with E-state index in [0.717, 1.165) is 24.5 Å². The van der Waals surface area contributed by atoms with E-state index >= 15 is 0 Å². The fourth-order valence-corrected chi connectivity index (χ4v) is 3.27. The predicted octanol–water partition coefficient (Wildman–Crippen LogP) is 3.51. The van der Waals surface area contributed by atoms with Crippen molar-refractivity contribution in [1.29, 1.82) is 0 Å². The van der Waals surface area contributed by atoms with Crippen LogP contribution in [0.25, 0.3) is 0 Å². The van der Waals surface area contributed by atoms with E-state index in [1.807, 2.05) is 38.4 Å². The van der Waals surface area contributed by atoms with Crippen molar-refractivity contribution in [3.63, 3.8) is 0 Å². The molecule has 0 fully saturated rings. The van der Waals surface area contributed by atoms with E-state index in [4.69, 9.17) is 11.6 Å². The molecule has 4 nitrogen and oxygen atoms in total. The van der Waals surface area contributed by atoms with Crippen LogP contribution >= 0.6 is 11.6 Å². The Hall–Kier alpha value is -2.11. The zero-order valence-corrected chi connectivity index (χ0v) is 15.1. The van der Waals surface area contributed by atoms with E-state index in [0.29, 0.717) is 13.1 Å². The van der Waals surface area contributed by atoms with Gasteiger partial charge in [0.2, 0.25) is 0 Å². The summed E-state index contributed by atoms with van der Waals surface area (Å²) in [5.41, 5.74) is 1.70. The quantitative estimate of drug-likeness (QED) is 0.833. The van der Waals surface area contributed by atoms with Crippen LogP contribution < -0.4 is 9.80 Å². The first-order chi connectivity index (χ1) is 12.0. The van der Waals surface area contributed by atoms with Crippen LogP contribution in [0, 0.1) is 5.82 Å². The van der Waals surface area contributed by atoms with Crippen molar-refractivity contribution in [2.75, 3.05) is 50.1 Å². The van der Waals surface area contributed by atoms with E-state index in [2.05, 4.69) is 9.80 Å². The molecule has 1 heterocycles. The maximum absolute atomic E-state index is 14.2. The Bertz CT molecular complexity index is 761. The number of amides is 1. The minimum atomic E-state index is -0.593. The zero-order chi connectivity index (χ0) is 18.0. The highest BCUT2D eigenvalue weighted by atomic mass is 35.5. The lowest BCUT2D eigenvalue weighted by Gasteiger charge is -2.38. The first kappa shape index (κ1) is 17.7. The number of benzene rings is 2. The van der Waals surface area contributed by atoms with Gasteiger partial charge in [-0.1, -0.05) is 29.8 Å². The molecule has 0 N–H and O–H groups in total. The minimum absolute atomic E-state index is 0.0688. The Morgan fingerprint density at radius 1 is 1.12 bits per heavy atom. The van der Waals surface area contributed by atoms with E-state index < -0.39 is 11.7 Å². The van der Waals surface area contributed by atoms with E-state index in [-0.39, 0.29) is 10.6 Å². The van der Waals surface area contributed by atoms with Crippen LogP contribution in [0.5, 0.6) is 0 Å². The van der Waals surface area contributed by atoms with Crippen molar-refractivity contribution in [2.24, 2.45) is 0 Å². The first-order valence-corrected chi connectivity index (χ1v) is 8.61. The highest BCUT2D eigenvalue weighted by Crippen LogP contribution is 2.34. The topological polar surface area (TPSA) is 26.8 Å². The summed E-state index contributed by atoms with van der Waals surface area (Å²) in [5, 5.41) is 0.137. The third-order valence-corrected chi connectivity index (χ3v) is 4.66. The van der Waals surface area contributed by atoms with Crippen molar-refractivity contribution in [2.45, 2.75) is 0 Å². The van der Waals surface area contributed by atoms with E-state index in [1.165, 1.54) is 18.2 Å². The number of hydrogen-bond acceptors (Lipinski definition) is 3. The van der Waals surface area contributed by atoms with Gasteiger partial charge in [-0.05, 0) is 38.4 Å². The lowest BCUT2D eigenvalue weighted by Crippen LogP contribution is -2.46. The van der Waals surface area contributed by atoms with E-state index in [1.54, 1.807) is 4.90 Å². The van der Waals surface area contributed by atoms with E-state index in [9.17, 15) is 9.18 Å². The molecule has 25 heavy (non-hydrogen) atoms. The average molecular weight is 362 g/mol. The molecule has 0 aliphatic carbocycles. The Morgan fingerprint density at radius 2 is 1.84 bits per heavy atom. The number of anilines is 2. The lowest BCUT2D eigenvalue weighted by atomic mass is 10.1. The van der Waals surface area contributed by atoms with Crippen molar-refractivity contribution in [3.05, 3.63) is 58.9 Å². The number of halogens is 2. The number of carbonyl (C=O) groups excluding carboxylic acids is 1. The monoisotopic (exact) mass is 361 g/mol. The number of likely N-dealkylation sites (N-methyl/N-ethyl adjacent to an activating group) is 1.